The van der Waals surface area contributed by atoms with Crippen molar-refractivity contribution in [3.63, 3.8) is 0 Å². The van der Waals surface area contributed by atoms with Crippen molar-refractivity contribution < 1.29 is 17.0 Å². The Hall–Kier alpha value is -4.28. The zero-order chi connectivity index (χ0) is 29.5. The van der Waals surface area contributed by atoms with Gasteiger partial charge in [0.15, 0.2) is 5.71 Å². The Morgan fingerprint density at radius 1 is 0.548 bits per heavy atom. The Kier molecular flexibility index (Phi) is 11.2. The topological polar surface area (TPSA) is 12.7 Å². The van der Waals surface area contributed by atoms with Crippen molar-refractivity contribution in [2.24, 2.45) is 0 Å². The summed E-state index contributed by atoms with van der Waals surface area (Å²) < 4.78 is 2.13. The zero-order valence-electron chi connectivity index (χ0n) is 26.1. The number of halogens is 1. The summed E-state index contributed by atoms with van der Waals surface area (Å²) in [7, 11) is 16.6. The summed E-state index contributed by atoms with van der Waals surface area (Å²) >= 11 is 0. The minimum absolute atomic E-state index is 0. The number of anilines is 3. The summed E-state index contributed by atoms with van der Waals surface area (Å²) in [5.74, 6) is 0. The number of benzene rings is 3. The summed E-state index contributed by atoms with van der Waals surface area (Å²) in [5, 5.41) is 0. The third-order valence-corrected chi connectivity index (χ3v) is 7.30. The van der Waals surface area contributed by atoms with Crippen LogP contribution in [0, 0.1) is 0 Å². The monoisotopic (exact) mass is 578 g/mol. The van der Waals surface area contributed by atoms with E-state index in [0.717, 1.165) is 0 Å². The lowest BCUT2D eigenvalue weighted by molar-refractivity contribution is -0.462. The first kappa shape index (κ1) is 32.2. The average molecular weight is 579 g/mol. The van der Waals surface area contributed by atoms with Crippen LogP contribution in [0.1, 0.15) is 16.7 Å². The molecule has 218 valence electrons. The van der Waals surface area contributed by atoms with Crippen LogP contribution in [0.2, 0.25) is 0 Å². The Labute approximate surface area is 259 Å². The van der Waals surface area contributed by atoms with Gasteiger partial charge >= 0.3 is 0 Å². The SMILES string of the molecule is CN(C)c1ccc(C(=C/C=C/C(=C2C=CC(=[N+](C)C)C=C2)c2ccc(N(C)C)cc2)c2ccc(N(C)C)cc2)cc1.[Cl-]. The van der Waals surface area contributed by atoms with E-state index in [9.17, 15) is 0 Å². The summed E-state index contributed by atoms with van der Waals surface area (Å²) in [6, 6.07) is 26.3. The number of hydrogen-bond donors (Lipinski definition) is 0. The van der Waals surface area contributed by atoms with Crippen LogP contribution in [-0.4, -0.2) is 66.7 Å². The van der Waals surface area contributed by atoms with Gasteiger partial charge in [0.25, 0.3) is 0 Å². The summed E-state index contributed by atoms with van der Waals surface area (Å²) in [4.78, 5) is 6.38. The van der Waals surface area contributed by atoms with Crippen LogP contribution < -0.4 is 27.1 Å². The van der Waals surface area contributed by atoms with Gasteiger partial charge in [0.2, 0.25) is 0 Å². The van der Waals surface area contributed by atoms with E-state index in [4.69, 9.17) is 0 Å². The first-order valence-electron chi connectivity index (χ1n) is 14.0. The van der Waals surface area contributed by atoms with Crippen LogP contribution in [0.3, 0.4) is 0 Å². The largest absolute Gasteiger partial charge is 1.00 e. The van der Waals surface area contributed by atoms with Gasteiger partial charge in [-0.15, -0.1) is 0 Å². The maximum atomic E-state index is 2.23. The minimum atomic E-state index is 0. The molecule has 4 rings (SSSR count). The van der Waals surface area contributed by atoms with Gasteiger partial charge in [-0.3, -0.25) is 0 Å². The number of nitrogens with zero attached hydrogens (tertiary/aromatic N) is 4. The molecule has 4 nitrogen and oxygen atoms in total. The van der Waals surface area contributed by atoms with Crippen molar-refractivity contribution >= 4 is 33.9 Å². The molecule has 3 aromatic rings. The van der Waals surface area contributed by atoms with Crippen LogP contribution >= 0.6 is 0 Å². The van der Waals surface area contributed by atoms with Crippen LogP contribution in [-0.2, 0) is 0 Å². The van der Waals surface area contributed by atoms with Crippen LogP contribution in [0.15, 0.2) is 121 Å². The van der Waals surface area contributed by atoms with Crippen LogP contribution in [0.25, 0.3) is 11.1 Å². The highest BCUT2D eigenvalue weighted by atomic mass is 35.5. The van der Waals surface area contributed by atoms with E-state index in [1.165, 1.54) is 56.2 Å². The van der Waals surface area contributed by atoms with Crippen molar-refractivity contribution in [3.05, 3.63) is 138 Å². The predicted molar refractivity (Wildman–Crippen MR) is 181 cm³/mol. The Bertz CT molecular complexity index is 1460. The molecule has 0 aromatic heterocycles. The molecule has 3 aromatic carbocycles. The molecular weight excluding hydrogens is 536 g/mol. The van der Waals surface area contributed by atoms with E-state index in [2.05, 4.69) is 191 Å². The minimum Gasteiger partial charge on any atom is -1.00 e. The summed E-state index contributed by atoms with van der Waals surface area (Å²) in [6.45, 7) is 0. The molecule has 0 saturated carbocycles. The molecule has 0 spiro atoms. The molecule has 0 atom stereocenters. The zero-order valence-corrected chi connectivity index (χ0v) is 26.9. The molecule has 0 aliphatic heterocycles. The van der Waals surface area contributed by atoms with Crippen molar-refractivity contribution in [2.45, 2.75) is 0 Å². The van der Waals surface area contributed by atoms with Crippen molar-refractivity contribution in [1.82, 2.24) is 0 Å². The second-order valence-electron chi connectivity index (χ2n) is 11.1. The molecule has 1 aliphatic carbocycles. The van der Waals surface area contributed by atoms with Gasteiger partial charge in [-0.1, -0.05) is 54.6 Å². The number of allylic oxidation sites excluding steroid dienone is 9. The Morgan fingerprint density at radius 3 is 1.29 bits per heavy atom. The van der Waals surface area contributed by atoms with Crippen LogP contribution in [0.4, 0.5) is 17.1 Å². The van der Waals surface area contributed by atoms with Gasteiger partial charge in [0.1, 0.15) is 14.1 Å². The molecule has 1 aliphatic rings. The fourth-order valence-electron chi connectivity index (χ4n) is 4.72. The van der Waals surface area contributed by atoms with Gasteiger partial charge in [0, 0.05) is 71.5 Å². The Morgan fingerprint density at radius 2 is 0.929 bits per heavy atom. The average Bonchev–Trinajstić information content (AvgIpc) is 2.97. The van der Waals surface area contributed by atoms with Crippen molar-refractivity contribution in [1.29, 1.82) is 0 Å². The molecule has 42 heavy (non-hydrogen) atoms. The first-order chi connectivity index (χ1) is 19.6. The van der Waals surface area contributed by atoms with E-state index in [1.54, 1.807) is 0 Å². The molecule has 0 saturated heterocycles. The fraction of sp³-hybridized carbons (Fsp3) is 0.216. The molecule has 0 radical (unpaired) electrons. The molecule has 0 bridgehead atoms. The third kappa shape index (κ3) is 7.92. The highest BCUT2D eigenvalue weighted by Gasteiger charge is 2.11. The van der Waals surface area contributed by atoms with Gasteiger partial charge in [-0.25, -0.2) is 4.58 Å². The quantitative estimate of drug-likeness (QED) is 0.294. The molecule has 0 amide bonds. The van der Waals surface area contributed by atoms with Crippen LogP contribution in [0.5, 0.6) is 0 Å². The van der Waals surface area contributed by atoms with Crippen molar-refractivity contribution in [2.75, 3.05) is 71.1 Å². The molecule has 0 unspecified atom stereocenters. The van der Waals surface area contributed by atoms with Crippen molar-refractivity contribution in [3.8, 4) is 0 Å². The standard InChI is InChI=1S/C37H43N4.ClH/c1-38(2)32-20-12-28(13-21-32)36(29-14-22-33(23-15-29)39(3)4)10-9-11-37(30-16-24-34(25-17-30)40(5)6)31-18-26-35(27-19-31)41(7)8;/h9-27H,1-8H3;1H/q+1;/p-1. The lowest BCUT2D eigenvalue weighted by Crippen LogP contribution is -3.00. The first-order valence-corrected chi connectivity index (χ1v) is 14.0. The summed E-state index contributed by atoms with van der Waals surface area (Å²) in [5.41, 5.74) is 11.8. The lowest BCUT2D eigenvalue weighted by Gasteiger charge is -2.16. The second kappa shape index (κ2) is 14.6. The predicted octanol–water partition coefficient (Wildman–Crippen LogP) is 4.17. The molecular formula is C37H43ClN4. The summed E-state index contributed by atoms with van der Waals surface area (Å²) in [6.07, 6.45) is 15.4. The maximum absolute atomic E-state index is 2.23. The van der Waals surface area contributed by atoms with E-state index in [-0.39, 0.29) is 12.4 Å². The van der Waals surface area contributed by atoms with Gasteiger partial charge in [-0.05, 0) is 82.0 Å². The fourth-order valence-corrected chi connectivity index (χ4v) is 4.72. The maximum Gasteiger partial charge on any atom is 0.199 e. The Balaban J connectivity index is 0.00000484. The van der Waals surface area contributed by atoms with E-state index in [1.807, 2.05) is 0 Å². The van der Waals surface area contributed by atoms with Gasteiger partial charge in [0.05, 0.1) is 0 Å². The smallest absolute Gasteiger partial charge is 0.199 e. The van der Waals surface area contributed by atoms with Gasteiger partial charge in [-0.2, -0.15) is 0 Å². The number of hydrogen-bond acceptors (Lipinski definition) is 3. The second-order valence-corrected chi connectivity index (χ2v) is 11.1. The van der Waals surface area contributed by atoms with Gasteiger partial charge < -0.3 is 27.1 Å². The third-order valence-electron chi connectivity index (χ3n) is 7.30. The molecule has 0 N–H and O–H groups in total. The lowest BCUT2D eigenvalue weighted by atomic mass is 9.94. The number of rotatable bonds is 8. The van der Waals surface area contributed by atoms with E-state index in [0.29, 0.717) is 0 Å². The van der Waals surface area contributed by atoms with E-state index >= 15 is 0 Å². The highest BCUT2D eigenvalue weighted by molar-refractivity contribution is 6.03. The van der Waals surface area contributed by atoms with E-state index < -0.39 is 0 Å². The molecule has 0 fully saturated rings. The molecule has 5 heteroatoms. The molecule has 0 heterocycles. The normalized spacial score (nSPS) is 12.2. The highest BCUT2D eigenvalue weighted by Crippen LogP contribution is 2.29.